The van der Waals surface area contributed by atoms with Gasteiger partial charge in [0, 0.05) is 5.56 Å². The number of ether oxygens (including phenoxy) is 2. The van der Waals surface area contributed by atoms with E-state index in [0.29, 0.717) is 12.4 Å². The van der Waals surface area contributed by atoms with Crippen LogP contribution in [0.5, 0.6) is 11.5 Å². The molecule has 22 heavy (non-hydrogen) atoms. The molecule has 0 N–H and O–H groups in total. The Bertz CT molecular complexity index is 629. The summed E-state index contributed by atoms with van der Waals surface area (Å²) in [6.45, 7) is 10.8. The van der Waals surface area contributed by atoms with E-state index >= 15 is 0 Å². The van der Waals surface area contributed by atoms with Gasteiger partial charge in [0.05, 0.1) is 0 Å². The van der Waals surface area contributed by atoms with Crippen molar-refractivity contribution in [2.75, 3.05) is 6.61 Å². The smallest absolute Gasteiger partial charge is 0.134 e. The summed E-state index contributed by atoms with van der Waals surface area (Å²) in [7, 11) is 0. The molecule has 0 radical (unpaired) electrons. The fourth-order valence-corrected chi connectivity index (χ4v) is 2.17. The second-order valence-electron chi connectivity index (χ2n) is 5.78. The number of hydrogen-bond donors (Lipinski definition) is 0. The molecule has 1 aromatic rings. The zero-order valence-corrected chi connectivity index (χ0v) is 13.7. The highest BCUT2D eigenvalue weighted by molar-refractivity contribution is 5.64. The Labute approximate surface area is 133 Å². The lowest BCUT2D eigenvalue weighted by Gasteiger charge is -2.14. The Morgan fingerprint density at radius 2 is 2.00 bits per heavy atom. The van der Waals surface area contributed by atoms with Gasteiger partial charge in [0.25, 0.3) is 0 Å². The quantitative estimate of drug-likeness (QED) is 0.629. The molecule has 0 aliphatic carbocycles. The average Bonchev–Trinajstić information content (AvgIpc) is 2.47. The lowest BCUT2D eigenvalue weighted by atomic mass is 10.1. The van der Waals surface area contributed by atoms with E-state index in [9.17, 15) is 0 Å². The molecular formula is C20H24O2. The molecule has 1 aliphatic rings. The van der Waals surface area contributed by atoms with E-state index in [1.807, 2.05) is 30.4 Å². The van der Waals surface area contributed by atoms with Crippen molar-refractivity contribution in [2.24, 2.45) is 0 Å². The minimum Gasteiger partial charge on any atom is -0.490 e. The van der Waals surface area contributed by atoms with Crippen LogP contribution in [0.2, 0.25) is 0 Å². The molecule has 0 unspecified atom stereocenters. The maximum absolute atomic E-state index is 5.79. The van der Waals surface area contributed by atoms with Crippen LogP contribution in [0, 0.1) is 0 Å². The number of allylic oxidation sites excluding steroid dienone is 4. The Morgan fingerprint density at radius 3 is 2.77 bits per heavy atom. The molecule has 2 nitrogen and oxygen atoms in total. The third-order valence-corrected chi connectivity index (χ3v) is 3.44. The molecule has 0 saturated carbocycles. The first kappa shape index (κ1) is 16.2. The standard InChI is InChI=1S/C20H24O2/c1-15(2)6-5-7-16(3)12-13-21-19-10-11-20-18(14-19)9-8-17(4)22-20/h6,8-12,14H,4-5,7,13H2,1-3H3/b16-12+. The molecule has 0 spiro atoms. The van der Waals surface area contributed by atoms with E-state index in [1.165, 1.54) is 11.1 Å². The van der Waals surface area contributed by atoms with Crippen molar-refractivity contribution < 1.29 is 9.47 Å². The number of hydrogen-bond acceptors (Lipinski definition) is 2. The molecule has 2 rings (SSSR count). The van der Waals surface area contributed by atoms with Gasteiger partial charge >= 0.3 is 0 Å². The van der Waals surface area contributed by atoms with Gasteiger partial charge in [-0.2, -0.15) is 0 Å². The molecule has 2 heteroatoms. The van der Waals surface area contributed by atoms with Gasteiger partial charge in [0.1, 0.15) is 23.9 Å². The minimum atomic E-state index is 0.594. The van der Waals surface area contributed by atoms with E-state index in [2.05, 4.69) is 39.5 Å². The summed E-state index contributed by atoms with van der Waals surface area (Å²) in [6, 6.07) is 5.84. The van der Waals surface area contributed by atoms with Crippen molar-refractivity contribution >= 4 is 6.08 Å². The van der Waals surface area contributed by atoms with Gasteiger partial charge in [-0.25, -0.2) is 0 Å². The Hall–Kier alpha value is -2.22. The summed E-state index contributed by atoms with van der Waals surface area (Å²) in [4.78, 5) is 0. The molecule has 0 atom stereocenters. The lowest BCUT2D eigenvalue weighted by molar-refractivity contribution is 0.360. The average molecular weight is 296 g/mol. The lowest BCUT2D eigenvalue weighted by Crippen LogP contribution is -1.99. The Kier molecular flexibility index (Phi) is 5.65. The van der Waals surface area contributed by atoms with Crippen LogP contribution in [0.4, 0.5) is 0 Å². The summed E-state index contributed by atoms with van der Waals surface area (Å²) in [6.07, 6.45) is 10.4. The first-order valence-corrected chi connectivity index (χ1v) is 7.65. The summed E-state index contributed by atoms with van der Waals surface area (Å²) in [5.41, 5.74) is 3.75. The van der Waals surface area contributed by atoms with Crippen molar-refractivity contribution in [1.82, 2.24) is 0 Å². The third-order valence-electron chi connectivity index (χ3n) is 3.44. The highest BCUT2D eigenvalue weighted by Crippen LogP contribution is 2.30. The van der Waals surface area contributed by atoms with Gasteiger partial charge < -0.3 is 9.47 Å². The first-order chi connectivity index (χ1) is 10.5. The van der Waals surface area contributed by atoms with Crippen molar-refractivity contribution in [3.8, 4) is 11.5 Å². The largest absolute Gasteiger partial charge is 0.490 e. The van der Waals surface area contributed by atoms with Gasteiger partial charge in [0.15, 0.2) is 0 Å². The Balaban J connectivity index is 1.86. The van der Waals surface area contributed by atoms with Gasteiger partial charge in [-0.15, -0.1) is 0 Å². The van der Waals surface area contributed by atoms with Crippen LogP contribution in [0.3, 0.4) is 0 Å². The van der Waals surface area contributed by atoms with Gasteiger partial charge in [-0.1, -0.05) is 23.8 Å². The molecular weight excluding hydrogens is 272 g/mol. The molecule has 1 heterocycles. The molecule has 0 bridgehead atoms. The number of rotatable bonds is 6. The van der Waals surface area contributed by atoms with E-state index in [-0.39, 0.29) is 0 Å². The molecule has 116 valence electrons. The van der Waals surface area contributed by atoms with Gasteiger partial charge in [-0.05, 0) is 70.0 Å². The SMILES string of the molecule is C=C1C=Cc2cc(OC/C=C(\C)CCC=C(C)C)ccc2O1. The summed E-state index contributed by atoms with van der Waals surface area (Å²) in [5, 5.41) is 0. The minimum absolute atomic E-state index is 0.594. The van der Waals surface area contributed by atoms with Gasteiger partial charge in [-0.3, -0.25) is 0 Å². The monoisotopic (exact) mass is 296 g/mol. The molecule has 1 aliphatic heterocycles. The summed E-state index contributed by atoms with van der Waals surface area (Å²) in [5.74, 6) is 2.34. The predicted octanol–water partition coefficient (Wildman–Crippen LogP) is 5.68. The van der Waals surface area contributed by atoms with Gasteiger partial charge in [0.2, 0.25) is 0 Å². The summed E-state index contributed by atoms with van der Waals surface area (Å²) >= 11 is 0. The van der Waals surface area contributed by atoms with E-state index in [4.69, 9.17) is 9.47 Å². The molecule has 0 saturated heterocycles. The van der Waals surface area contributed by atoms with Crippen LogP contribution in [0.25, 0.3) is 6.08 Å². The van der Waals surface area contributed by atoms with Crippen molar-refractivity contribution in [1.29, 1.82) is 0 Å². The molecule has 1 aromatic carbocycles. The molecule has 0 amide bonds. The first-order valence-electron chi connectivity index (χ1n) is 7.65. The van der Waals surface area contributed by atoms with Crippen LogP contribution >= 0.6 is 0 Å². The maximum atomic E-state index is 5.79. The highest BCUT2D eigenvalue weighted by Gasteiger charge is 2.08. The van der Waals surface area contributed by atoms with E-state index in [0.717, 1.165) is 29.9 Å². The zero-order valence-electron chi connectivity index (χ0n) is 13.7. The topological polar surface area (TPSA) is 18.5 Å². The van der Waals surface area contributed by atoms with Crippen LogP contribution in [-0.4, -0.2) is 6.61 Å². The van der Waals surface area contributed by atoms with Crippen LogP contribution < -0.4 is 9.47 Å². The number of fused-ring (bicyclic) bond motifs is 1. The van der Waals surface area contributed by atoms with Crippen molar-refractivity contribution in [3.63, 3.8) is 0 Å². The summed E-state index contributed by atoms with van der Waals surface area (Å²) < 4.78 is 11.3. The second kappa shape index (κ2) is 7.69. The van der Waals surface area contributed by atoms with Crippen molar-refractivity contribution in [3.05, 3.63) is 65.5 Å². The number of benzene rings is 1. The predicted molar refractivity (Wildman–Crippen MR) is 93.2 cm³/mol. The van der Waals surface area contributed by atoms with Crippen LogP contribution in [0.15, 0.2) is 59.9 Å². The zero-order chi connectivity index (χ0) is 15.9. The normalized spacial score (nSPS) is 13.4. The second-order valence-corrected chi connectivity index (χ2v) is 5.78. The van der Waals surface area contributed by atoms with Crippen molar-refractivity contribution in [2.45, 2.75) is 33.6 Å². The molecule has 0 aromatic heterocycles. The van der Waals surface area contributed by atoms with E-state index in [1.54, 1.807) is 0 Å². The van der Waals surface area contributed by atoms with E-state index < -0.39 is 0 Å². The highest BCUT2D eigenvalue weighted by atomic mass is 16.5. The fourth-order valence-electron chi connectivity index (χ4n) is 2.17. The molecule has 0 fully saturated rings. The van der Waals surface area contributed by atoms with Crippen LogP contribution in [-0.2, 0) is 0 Å². The fraction of sp³-hybridized carbons (Fsp3) is 0.300. The third kappa shape index (κ3) is 4.96. The van der Waals surface area contributed by atoms with Crippen LogP contribution in [0.1, 0.15) is 39.2 Å². The Morgan fingerprint density at radius 1 is 1.18 bits per heavy atom. The maximum Gasteiger partial charge on any atom is 0.134 e.